The van der Waals surface area contributed by atoms with E-state index in [0.717, 1.165) is 35.2 Å². The lowest BCUT2D eigenvalue weighted by Gasteiger charge is -2.14. The van der Waals surface area contributed by atoms with E-state index in [9.17, 15) is 4.79 Å². The van der Waals surface area contributed by atoms with Crippen LogP contribution in [0.4, 0.5) is 5.69 Å². The second-order valence-electron chi connectivity index (χ2n) is 7.31. The summed E-state index contributed by atoms with van der Waals surface area (Å²) in [6, 6.07) is 12.9. The van der Waals surface area contributed by atoms with E-state index in [1.807, 2.05) is 30.3 Å². The van der Waals surface area contributed by atoms with E-state index in [2.05, 4.69) is 47.3 Å². The summed E-state index contributed by atoms with van der Waals surface area (Å²) in [7, 11) is 0. The minimum Gasteiger partial charge on any atom is -0.494 e. The Morgan fingerprint density at radius 1 is 1.13 bits per heavy atom. The van der Waals surface area contributed by atoms with E-state index < -0.39 is 0 Å². The molecular weight excluding hydrogens is 464 g/mol. The Balaban J connectivity index is 1.99. The molecule has 2 aromatic rings. The third kappa shape index (κ3) is 8.32. The molecule has 0 bridgehead atoms. The van der Waals surface area contributed by atoms with Gasteiger partial charge in [0.2, 0.25) is 0 Å². The van der Waals surface area contributed by atoms with Crippen molar-refractivity contribution in [1.82, 2.24) is 5.32 Å². The van der Waals surface area contributed by atoms with Crippen molar-refractivity contribution in [3.63, 3.8) is 0 Å². The van der Waals surface area contributed by atoms with Crippen LogP contribution in [0.5, 0.6) is 11.5 Å². The Kier molecular flexibility index (Phi) is 10.1. The average Bonchev–Trinajstić information content (AvgIpc) is 2.69. The number of unbranched alkanes of at least 4 members (excludes halogenated alkanes) is 1. The van der Waals surface area contributed by atoms with Crippen molar-refractivity contribution in [3.05, 3.63) is 52.5 Å². The molecule has 0 aliphatic rings. The maximum atomic E-state index is 12.8. The fourth-order valence-electron chi connectivity index (χ4n) is 2.54. The molecule has 2 rings (SSSR count). The van der Waals surface area contributed by atoms with Crippen LogP contribution in [0.25, 0.3) is 0 Å². The van der Waals surface area contributed by atoms with Crippen LogP contribution < -0.4 is 20.1 Å². The minimum absolute atomic E-state index is 0.207. The molecule has 0 spiro atoms. The second-order valence-corrected chi connectivity index (χ2v) is 8.63. The van der Waals surface area contributed by atoms with Crippen molar-refractivity contribution in [1.29, 1.82) is 0 Å². The summed E-state index contributed by atoms with van der Waals surface area (Å²) in [5.41, 5.74) is 1.17. The number of ether oxygens (including phenoxy) is 2. The van der Waals surface area contributed by atoms with E-state index in [4.69, 9.17) is 21.7 Å². The van der Waals surface area contributed by atoms with Gasteiger partial charge in [0.25, 0.3) is 5.91 Å². The first-order chi connectivity index (χ1) is 14.4. The molecule has 1 amide bonds. The highest BCUT2D eigenvalue weighted by atomic mass is 79.9. The maximum Gasteiger partial charge on any atom is 0.261 e. The van der Waals surface area contributed by atoms with E-state index in [1.165, 1.54) is 0 Å². The van der Waals surface area contributed by atoms with E-state index in [0.29, 0.717) is 30.4 Å². The number of amides is 1. The largest absolute Gasteiger partial charge is 0.494 e. The van der Waals surface area contributed by atoms with Gasteiger partial charge in [0, 0.05) is 16.2 Å². The predicted octanol–water partition coefficient (Wildman–Crippen LogP) is 6.18. The third-order valence-electron chi connectivity index (χ3n) is 4.22. The predicted molar refractivity (Wildman–Crippen MR) is 130 cm³/mol. The molecule has 0 aliphatic heterocycles. The first kappa shape index (κ1) is 24.2. The number of carbonyl (C=O) groups excluding carboxylic acids is 1. The number of halogens is 1. The van der Waals surface area contributed by atoms with Gasteiger partial charge in [-0.3, -0.25) is 10.1 Å². The number of thiocarbonyl (C=S) groups is 1. The molecule has 2 aromatic carbocycles. The summed E-state index contributed by atoms with van der Waals surface area (Å²) in [6.07, 6.45) is 2.99. The van der Waals surface area contributed by atoms with Crippen LogP contribution in [0.1, 0.15) is 50.4 Å². The normalized spacial score (nSPS) is 10.6. The number of anilines is 1. The van der Waals surface area contributed by atoms with Gasteiger partial charge in [-0.1, -0.05) is 49.2 Å². The number of hydrogen-bond acceptors (Lipinski definition) is 4. The zero-order valence-corrected chi connectivity index (χ0v) is 20.1. The van der Waals surface area contributed by atoms with Crippen molar-refractivity contribution < 1.29 is 14.3 Å². The topological polar surface area (TPSA) is 59.6 Å². The van der Waals surface area contributed by atoms with Crippen LogP contribution in [0.15, 0.2) is 46.9 Å². The lowest BCUT2D eigenvalue weighted by atomic mass is 10.1. The number of benzene rings is 2. The molecule has 0 atom stereocenters. The van der Waals surface area contributed by atoms with Crippen LogP contribution in [0.3, 0.4) is 0 Å². The van der Waals surface area contributed by atoms with Crippen LogP contribution in [-0.2, 0) is 0 Å². The van der Waals surface area contributed by atoms with E-state index in [-0.39, 0.29) is 11.0 Å². The Labute approximate surface area is 192 Å². The fourth-order valence-corrected chi connectivity index (χ4v) is 3.11. The van der Waals surface area contributed by atoms with Crippen molar-refractivity contribution in [2.45, 2.75) is 40.0 Å². The molecule has 0 fully saturated rings. The Morgan fingerprint density at radius 3 is 2.67 bits per heavy atom. The molecule has 0 radical (unpaired) electrons. The quantitative estimate of drug-likeness (QED) is 0.306. The van der Waals surface area contributed by atoms with Gasteiger partial charge < -0.3 is 14.8 Å². The summed E-state index contributed by atoms with van der Waals surface area (Å²) in [6.45, 7) is 7.60. The molecule has 0 aliphatic carbocycles. The average molecular weight is 493 g/mol. The first-order valence-electron chi connectivity index (χ1n) is 10.2. The lowest BCUT2D eigenvalue weighted by molar-refractivity contribution is 0.0973. The first-order valence-corrected chi connectivity index (χ1v) is 11.4. The van der Waals surface area contributed by atoms with Gasteiger partial charge in [0.1, 0.15) is 11.5 Å². The van der Waals surface area contributed by atoms with Crippen LogP contribution in [0.2, 0.25) is 0 Å². The maximum absolute atomic E-state index is 12.8. The van der Waals surface area contributed by atoms with Crippen molar-refractivity contribution in [2.75, 3.05) is 18.5 Å². The molecule has 0 heterocycles. The minimum atomic E-state index is -0.330. The van der Waals surface area contributed by atoms with Gasteiger partial charge in [-0.15, -0.1) is 0 Å². The van der Waals surface area contributed by atoms with E-state index >= 15 is 0 Å². The number of rotatable bonds is 10. The summed E-state index contributed by atoms with van der Waals surface area (Å²) >= 11 is 8.73. The molecule has 30 heavy (non-hydrogen) atoms. The summed E-state index contributed by atoms with van der Waals surface area (Å²) < 4.78 is 12.3. The molecule has 0 saturated heterocycles. The molecule has 5 nitrogen and oxygen atoms in total. The van der Waals surface area contributed by atoms with Crippen molar-refractivity contribution >= 4 is 44.9 Å². The molecule has 0 saturated carbocycles. The fraction of sp³-hybridized carbons (Fsp3) is 0.391. The van der Waals surface area contributed by atoms with Gasteiger partial charge in [0.15, 0.2) is 5.11 Å². The summed E-state index contributed by atoms with van der Waals surface area (Å²) in [5, 5.41) is 5.96. The van der Waals surface area contributed by atoms with Gasteiger partial charge in [-0.05, 0) is 61.3 Å². The van der Waals surface area contributed by atoms with Crippen molar-refractivity contribution in [3.8, 4) is 11.5 Å². The highest BCUT2D eigenvalue weighted by molar-refractivity contribution is 9.10. The van der Waals surface area contributed by atoms with Crippen LogP contribution in [-0.4, -0.2) is 24.2 Å². The zero-order valence-electron chi connectivity index (χ0n) is 17.7. The Hall–Kier alpha value is -2.12. The van der Waals surface area contributed by atoms with Gasteiger partial charge >= 0.3 is 0 Å². The molecule has 7 heteroatoms. The standard InChI is InChI=1S/C23H29BrN2O3S/c1-4-5-12-28-19-8-6-7-18(15-19)25-23(30)26-22(27)20-14-17(24)9-10-21(20)29-13-11-16(2)3/h6-10,14-16H,4-5,11-13H2,1-3H3,(H2,25,26,27,30). The lowest BCUT2D eigenvalue weighted by Crippen LogP contribution is -2.34. The molecule has 2 N–H and O–H groups in total. The van der Waals surface area contributed by atoms with E-state index in [1.54, 1.807) is 12.1 Å². The monoisotopic (exact) mass is 492 g/mol. The number of nitrogens with one attached hydrogen (secondary N) is 2. The molecule has 0 unspecified atom stereocenters. The zero-order chi connectivity index (χ0) is 21.9. The summed E-state index contributed by atoms with van der Waals surface area (Å²) in [5.74, 6) is 1.49. The Bertz CT molecular complexity index is 858. The van der Waals surface area contributed by atoms with Gasteiger partial charge in [-0.2, -0.15) is 0 Å². The van der Waals surface area contributed by atoms with Gasteiger partial charge in [0.05, 0.1) is 18.8 Å². The smallest absolute Gasteiger partial charge is 0.261 e. The molecule has 0 aromatic heterocycles. The summed E-state index contributed by atoms with van der Waals surface area (Å²) in [4.78, 5) is 12.8. The van der Waals surface area contributed by atoms with Crippen LogP contribution >= 0.6 is 28.1 Å². The third-order valence-corrected chi connectivity index (χ3v) is 4.92. The molecule has 162 valence electrons. The van der Waals surface area contributed by atoms with Crippen LogP contribution in [0, 0.1) is 5.92 Å². The van der Waals surface area contributed by atoms with Crippen molar-refractivity contribution in [2.24, 2.45) is 5.92 Å². The van der Waals surface area contributed by atoms with Gasteiger partial charge in [-0.25, -0.2) is 0 Å². The number of carbonyl (C=O) groups is 1. The highest BCUT2D eigenvalue weighted by Crippen LogP contribution is 2.24. The second kappa shape index (κ2) is 12.5. The Morgan fingerprint density at radius 2 is 1.93 bits per heavy atom. The number of hydrogen-bond donors (Lipinski definition) is 2. The molecular formula is C23H29BrN2O3S. The highest BCUT2D eigenvalue weighted by Gasteiger charge is 2.15. The SMILES string of the molecule is CCCCOc1cccc(NC(=S)NC(=O)c2cc(Br)ccc2OCCC(C)C)c1.